The number of hydrogen-bond acceptors (Lipinski definition) is 2. The molecule has 0 aromatic rings. The van der Waals surface area contributed by atoms with E-state index in [1.165, 1.54) is 0 Å². The lowest BCUT2D eigenvalue weighted by Gasteiger charge is -2.53. The van der Waals surface area contributed by atoms with Gasteiger partial charge >= 0.3 is 0 Å². The Labute approximate surface area is 169 Å². The van der Waals surface area contributed by atoms with Crippen molar-refractivity contribution in [1.82, 2.24) is 0 Å². The molecule has 0 spiro atoms. The monoisotopic (exact) mass is 392 g/mol. The summed E-state index contributed by atoms with van der Waals surface area (Å²) < 4.78 is 6.57. The van der Waals surface area contributed by atoms with Gasteiger partial charge in [-0.05, 0) is 65.7 Å². The fourth-order valence-corrected chi connectivity index (χ4v) is 6.32. The first-order chi connectivity index (χ1) is 12.4. The van der Waals surface area contributed by atoms with Gasteiger partial charge in [-0.3, -0.25) is 0 Å². The normalized spacial score (nSPS) is 50.5. The highest BCUT2D eigenvalue weighted by Crippen LogP contribution is 2.58. The molecule has 0 radical (unpaired) electrons. The third-order valence-electron chi connectivity index (χ3n) is 7.91. The van der Waals surface area contributed by atoms with Crippen LogP contribution >= 0.6 is 11.6 Å². The first kappa shape index (κ1) is 20.9. The van der Waals surface area contributed by atoms with Gasteiger partial charge in [0.15, 0.2) is 0 Å². The smallest absolute Gasteiger partial charge is 0.255 e. The maximum absolute atomic E-state index is 11.0. The van der Waals surface area contributed by atoms with E-state index in [0.717, 1.165) is 32.1 Å². The topological polar surface area (TPSA) is 38.2 Å². The van der Waals surface area contributed by atoms with Crippen molar-refractivity contribution >= 4 is 11.6 Å². The minimum atomic E-state index is -0.998. The van der Waals surface area contributed by atoms with E-state index in [2.05, 4.69) is 23.5 Å². The van der Waals surface area contributed by atoms with E-state index in [0.29, 0.717) is 6.42 Å². The molecule has 8 atom stereocenters. The molecular weight excluding hydrogens is 360 g/mol. The van der Waals surface area contributed by atoms with Crippen LogP contribution in [0.4, 0.5) is 0 Å². The van der Waals surface area contributed by atoms with Gasteiger partial charge < -0.3 is 19.5 Å². The molecule has 0 amide bonds. The Morgan fingerprint density at radius 3 is 2.19 bits per heavy atom. The lowest BCUT2D eigenvalue weighted by atomic mass is 9.51. The van der Waals surface area contributed by atoms with Gasteiger partial charge in [-0.25, -0.2) is 13.1 Å². The van der Waals surface area contributed by atoms with Crippen LogP contribution in [0.5, 0.6) is 0 Å². The summed E-state index contributed by atoms with van der Waals surface area (Å²) in [7, 11) is 0. The van der Waals surface area contributed by atoms with Crippen LogP contribution in [0, 0.1) is 30.9 Å². The van der Waals surface area contributed by atoms with Gasteiger partial charge in [0, 0.05) is 19.3 Å². The lowest BCUT2D eigenvalue weighted by molar-refractivity contribution is -0.145. The van der Waals surface area contributed by atoms with Gasteiger partial charge in [0.25, 0.3) is 6.04 Å². The van der Waals surface area contributed by atoms with E-state index in [-0.39, 0.29) is 29.5 Å². The molecule has 3 aliphatic rings. The van der Waals surface area contributed by atoms with Crippen LogP contribution in [0.2, 0.25) is 0 Å². The molecule has 2 saturated carbocycles. The number of aliphatic hydroxyl groups is 1. The van der Waals surface area contributed by atoms with Crippen LogP contribution in [0.15, 0.2) is 0 Å². The van der Waals surface area contributed by atoms with Crippen molar-refractivity contribution in [3.8, 4) is 0 Å². The lowest BCUT2D eigenvalue weighted by Crippen LogP contribution is -2.61. The van der Waals surface area contributed by atoms with Gasteiger partial charge in [-0.1, -0.05) is 0 Å². The number of rotatable bonds is 2. The predicted molar refractivity (Wildman–Crippen MR) is 107 cm³/mol. The minimum absolute atomic E-state index is 0.00715. The molecule has 27 heavy (non-hydrogen) atoms. The first-order valence-corrected chi connectivity index (χ1v) is 10.6. The summed E-state index contributed by atoms with van der Waals surface area (Å²) in [6, 6.07) is -0.480. The highest BCUT2D eigenvalue weighted by atomic mass is 35.5. The SMILES string of the molecule is [C-]#[N+][C@@H]1[C@@H]2[C@@H]([C@@]3(C)CC[C@@H](C(C)(C)Cl)O3)CC[C@](C)([N+]#[C-])[C@H]2CC[C@@]1(C)O. The van der Waals surface area contributed by atoms with Crippen LogP contribution in [-0.4, -0.2) is 38.9 Å². The Morgan fingerprint density at radius 1 is 1.04 bits per heavy atom. The zero-order valence-electron chi connectivity index (χ0n) is 17.3. The number of ether oxygens (including phenoxy) is 1. The third-order valence-corrected chi connectivity index (χ3v) is 8.16. The molecule has 3 fully saturated rings. The Morgan fingerprint density at radius 2 is 1.67 bits per heavy atom. The summed E-state index contributed by atoms with van der Waals surface area (Å²) in [5.41, 5.74) is -1.79. The molecule has 1 saturated heterocycles. The molecule has 1 aliphatic heterocycles. The van der Waals surface area contributed by atoms with E-state index in [9.17, 15) is 5.11 Å². The molecule has 0 unspecified atom stereocenters. The molecule has 4 nitrogen and oxygen atoms in total. The van der Waals surface area contributed by atoms with Crippen molar-refractivity contribution in [3.63, 3.8) is 0 Å². The quantitative estimate of drug-likeness (QED) is 0.524. The second-order valence-corrected chi connectivity index (χ2v) is 11.3. The molecule has 150 valence electrons. The van der Waals surface area contributed by atoms with Crippen LogP contribution < -0.4 is 0 Å². The van der Waals surface area contributed by atoms with Crippen LogP contribution in [0.25, 0.3) is 9.69 Å². The van der Waals surface area contributed by atoms with Gasteiger partial charge in [0.05, 0.1) is 22.5 Å². The van der Waals surface area contributed by atoms with Crippen molar-refractivity contribution in [2.75, 3.05) is 0 Å². The molecule has 5 heteroatoms. The highest BCUT2D eigenvalue weighted by Gasteiger charge is 2.66. The Bertz CT molecular complexity index is 673. The van der Waals surface area contributed by atoms with Crippen molar-refractivity contribution in [2.24, 2.45) is 17.8 Å². The van der Waals surface area contributed by atoms with Gasteiger partial charge in [-0.2, -0.15) is 0 Å². The Kier molecular flexibility index (Phi) is 5.13. The van der Waals surface area contributed by atoms with Crippen LogP contribution in [-0.2, 0) is 4.74 Å². The zero-order chi connectivity index (χ0) is 20.3. The number of nitrogens with zero attached hydrogens (tertiary/aromatic N) is 2. The predicted octanol–water partition coefficient (Wildman–Crippen LogP) is 5.09. The highest BCUT2D eigenvalue weighted by molar-refractivity contribution is 6.23. The Balaban J connectivity index is 1.99. The molecule has 2 aliphatic carbocycles. The fourth-order valence-electron chi connectivity index (χ4n) is 6.17. The summed E-state index contributed by atoms with van der Waals surface area (Å²) >= 11 is 6.56. The maximum atomic E-state index is 11.0. The number of hydrogen-bond donors (Lipinski definition) is 1. The average molecular weight is 393 g/mol. The van der Waals surface area contributed by atoms with Gasteiger partial charge in [0.2, 0.25) is 5.54 Å². The molecule has 1 N–H and O–H groups in total. The maximum Gasteiger partial charge on any atom is 0.255 e. The Hall–Kier alpha value is -0.810. The van der Waals surface area contributed by atoms with E-state index in [1.54, 1.807) is 6.92 Å². The van der Waals surface area contributed by atoms with Gasteiger partial charge in [0.1, 0.15) is 5.60 Å². The minimum Gasteiger partial charge on any atom is -0.382 e. The molecule has 1 heterocycles. The number of halogens is 1. The largest absolute Gasteiger partial charge is 0.382 e. The number of fused-ring (bicyclic) bond motifs is 1. The average Bonchev–Trinajstić information content (AvgIpc) is 2.98. The standard InChI is InChI=1S/C22H33ClN2O2/c1-19(2,23)16-10-13-22(5,27-16)15-8-11-20(3,25-7)14-9-12-21(4,26)18(24-6)17(14)15/h14-18,26H,8-13H2,1-5H3/t14-,15-,16-,17-,18+,20-,21+,22+/m0/s1. The molecular formula is C22H33ClN2O2. The third kappa shape index (κ3) is 3.39. The first-order valence-electron chi connectivity index (χ1n) is 10.2. The van der Waals surface area contributed by atoms with Crippen molar-refractivity contribution < 1.29 is 9.84 Å². The molecule has 0 bridgehead atoms. The molecule has 0 aromatic carbocycles. The summed E-state index contributed by atoms with van der Waals surface area (Å²) in [5.74, 6) is 0.296. The molecule has 3 rings (SSSR count). The second kappa shape index (κ2) is 6.62. The summed E-state index contributed by atoms with van der Waals surface area (Å²) in [6.45, 7) is 25.7. The van der Waals surface area contributed by atoms with E-state index >= 15 is 0 Å². The van der Waals surface area contributed by atoms with E-state index in [1.807, 2.05) is 13.8 Å². The summed E-state index contributed by atoms with van der Waals surface area (Å²) in [6.07, 6.45) is 4.93. The van der Waals surface area contributed by atoms with Crippen molar-refractivity contribution in [2.45, 2.75) is 107 Å². The van der Waals surface area contributed by atoms with Crippen molar-refractivity contribution in [1.29, 1.82) is 0 Å². The number of alkyl halides is 1. The summed E-state index contributed by atoms with van der Waals surface area (Å²) in [5, 5.41) is 11.0. The fraction of sp³-hybridized carbons (Fsp3) is 0.909. The van der Waals surface area contributed by atoms with E-state index in [4.69, 9.17) is 29.5 Å². The molecule has 0 aromatic heterocycles. The second-order valence-electron chi connectivity index (χ2n) is 10.3. The van der Waals surface area contributed by atoms with Gasteiger partial charge in [-0.15, -0.1) is 11.6 Å². The van der Waals surface area contributed by atoms with Crippen molar-refractivity contribution in [3.05, 3.63) is 22.8 Å². The zero-order valence-corrected chi connectivity index (χ0v) is 18.0. The van der Waals surface area contributed by atoms with Crippen LogP contribution in [0.1, 0.15) is 73.1 Å². The van der Waals surface area contributed by atoms with Crippen LogP contribution in [0.3, 0.4) is 0 Å². The van der Waals surface area contributed by atoms with E-state index < -0.39 is 22.1 Å². The summed E-state index contributed by atoms with van der Waals surface area (Å²) in [4.78, 5) is 7.52.